The van der Waals surface area contributed by atoms with Gasteiger partial charge in [0.2, 0.25) is 5.91 Å². The first kappa shape index (κ1) is 15.6. The molecule has 3 aromatic rings. The molecule has 3 rings (SSSR count). The van der Waals surface area contributed by atoms with Crippen molar-refractivity contribution in [3.8, 4) is 5.75 Å². The number of fused-ring (bicyclic) bond motifs is 1. The molecule has 0 atom stereocenters. The van der Waals surface area contributed by atoms with Gasteiger partial charge < -0.3 is 20.2 Å². The number of amides is 2. The van der Waals surface area contributed by atoms with Crippen molar-refractivity contribution in [1.82, 2.24) is 9.78 Å². The minimum atomic E-state index is -0.514. The predicted octanol–water partition coefficient (Wildman–Crippen LogP) is 1.68. The number of hydrogen-bond donors (Lipinski definition) is 2. The lowest BCUT2D eigenvalue weighted by molar-refractivity contribution is -0.118. The lowest BCUT2D eigenvalue weighted by Crippen LogP contribution is -2.19. The van der Waals surface area contributed by atoms with E-state index in [0.717, 1.165) is 0 Å². The maximum Gasteiger partial charge on any atom is 0.261 e. The number of nitrogens with zero attached hydrogens (tertiary/aromatic N) is 2. The first-order valence-corrected chi connectivity index (χ1v) is 7.18. The molecular weight excluding hydrogens is 312 g/mol. The van der Waals surface area contributed by atoms with Crippen molar-refractivity contribution in [2.75, 3.05) is 12.4 Å². The van der Waals surface area contributed by atoms with Gasteiger partial charge in [-0.05, 0) is 25.1 Å². The number of carbonyl (C=O) groups is 2. The molecule has 0 aliphatic heterocycles. The first-order chi connectivity index (χ1) is 11.5. The smallest absolute Gasteiger partial charge is 0.261 e. The third-order valence-corrected chi connectivity index (χ3v) is 3.50. The van der Waals surface area contributed by atoms with Gasteiger partial charge in [-0.25, -0.2) is 0 Å². The van der Waals surface area contributed by atoms with Gasteiger partial charge in [0.05, 0.1) is 12.7 Å². The standard InChI is InChI=1S/C16H16N4O4/c1-9-15(11-7-10(23-2)3-4-12(11)24-9)16(22)18-14-5-6-20(19-14)8-13(17)21/h3-7H,8H2,1-2H3,(H2,17,21)(H,18,19,22). The van der Waals surface area contributed by atoms with E-state index in [1.54, 1.807) is 44.5 Å². The largest absolute Gasteiger partial charge is 0.497 e. The predicted molar refractivity (Wildman–Crippen MR) is 86.9 cm³/mol. The Labute approximate surface area is 137 Å². The number of aromatic nitrogens is 2. The van der Waals surface area contributed by atoms with E-state index in [-0.39, 0.29) is 12.5 Å². The molecule has 0 saturated carbocycles. The Kier molecular flexibility index (Phi) is 3.95. The summed E-state index contributed by atoms with van der Waals surface area (Å²) in [4.78, 5) is 23.5. The van der Waals surface area contributed by atoms with Crippen LogP contribution in [0.1, 0.15) is 16.1 Å². The second-order valence-corrected chi connectivity index (χ2v) is 5.21. The molecular formula is C16H16N4O4. The third kappa shape index (κ3) is 2.94. The van der Waals surface area contributed by atoms with Gasteiger partial charge in [-0.3, -0.25) is 14.3 Å². The molecule has 2 aromatic heterocycles. The maximum absolute atomic E-state index is 12.6. The van der Waals surface area contributed by atoms with Crippen molar-refractivity contribution < 1.29 is 18.7 Å². The zero-order chi connectivity index (χ0) is 17.3. The van der Waals surface area contributed by atoms with Crippen LogP contribution in [0.4, 0.5) is 5.82 Å². The second kappa shape index (κ2) is 6.07. The molecule has 24 heavy (non-hydrogen) atoms. The van der Waals surface area contributed by atoms with Gasteiger partial charge in [0.15, 0.2) is 5.82 Å². The Balaban J connectivity index is 1.89. The number of rotatable bonds is 5. The molecule has 0 spiro atoms. The van der Waals surface area contributed by atoms with Crippen LogP contribution in [0.5, 0.6) is 5.75 Å². The SMILES string of the molecule is COc1ccc2oc(C)c(C(=O)Nc3ccn(CC(N)=O)n3)c2c1. The highest BCUT2D eigenvalue weighted by Gasteiger charge is 2.19. The zero-order valence-corrected chi connectivity index (χ0v) is 13.2. The summed E-state index contributed by atoms with van der Waals surface area (Å²) in [5.74, 6) is 0.567. The third-order valence-electron chi connectivity index (χ3n) is 3.50. The fourth-order valence-corrected chi connectivity index (χ4v) is 2.46. The quantitative estimate of drug-likeness (QED) is 0.740. The lowest BCUT2D eigenvalue weighted by Gasteiger charge is -2.03. The van der Waals surface area contributed by atoms with E-state index in [0.29, 0.717) is 33.9 Å². The van der Waals surface area contributed by atoms with Gasteiger partial charge in [0, 0.05) is 17.6 Å². The van der Waals surface area contributed by atoms with E-state index in [1.807, 2.05) is 0 Å². The number of benzene rings is 1. The van der Waals surface area contributed by atoms with Crippen molar-refractivity contribution in [3.63, 3.8) is 0 Å². The summed E-state index contributed by atoms with van der Waals surface area (Å²) in [6.45, 7) is 1.66. The number of anilines is 1. The summed E-state index contributed by atoms with van der Waals surface area (Å²) in [5.41, 5.74) is 6.12. The number of carbonyl (C=O) groups excluding carboxylic acids is 2. The van der Waals surface area contributed by atoms with Crippen LogP contribution >= 0.6 is 0 Å². The molecule has 8 heteroatoms. The van der Waals surface area contributed by atoms with Crippen LogP contribution in [0.3, 0.4) is 0 Å². The Morgan fingerprint density at radius 2 is 2.17 bits per heavy atom. The van der Waals surface area contributed by atoms with Crippen LogP contribution in [0.25, 0.3) is 11.0 Å². The fourth-order valence-electron chi connectivity index (χ4n) is 2.46. The summed E-state index contributed by atoms with van der Waals surface area (Å²) >= 11 is 0. The van der Waals surface area contributed by atoms with E-state index in [1.165, 1.54) is 4.68 Å². The van der Waals surface area contributed by atoms with E-state index < -0.39 is 5.91 Å². The van der Waals surface area contributed by atoms with Gasteiger partial charge in [0.1, 0.15) is 23.6 Å². The minimum absolute atomic E-state index is 0.0548. The number of nitrogens with one attached hydrogen (secondary N) is 1. The number of aryl methyl sites for hydroxylation is 1. The summed E-state index contributed by atoms with van der Waals surface area (Å²) < 4.78 is 12.2. The van der Waals surface area contributed by atoms with Crippen molar-refractivity contribution in [1.29, 1.82) is 0 Å². The number of hydrogen-bond acceptors (Lipinski definition) is 5. The Morgan fingerprint density at radius 1 is 1.38 bits per heavy atom. The average molecular weight is 328 g/mol. The van der Waals surface area contributed by atoms with Crippen LogP contribution in [-0.2, 0) is 11.3 Å². The summed E-state index contributed by atoms with van der Waals surface area (Å²) in [5, 5.41) is 7.41. The molecule has 0 radical (unpaired) electrons. The molecule has 3 N–H and O–H groups in total. The maximum atomic E-state index is 12.6. The van der Waals surface area contributed by atoms with E-state index in [9.17, 15) is 9.59 Å². The normalized spacial score (nSPS) is 10.8. The van der Waals surface area contributed by atoms with Crippen molar-refractivity contribution in [3.05, 3.63) is 41.8 Å². The number of ether oxygens (including phenoxy) is 1. The molecule has 2 amide bonds. The summed E-state index contributed by atoms with van der Waals surface area (Å²) in [7, 11) is 1.55. The van der Waals surface area contributed by atoms with E-state index >= 15 is 0 Å². The highest BCUT2D eigenvalue weighted by atomic mass is 16.5. The Morgan fingerprint density at radius 3 is 2.88 bits per heavy atom. The minimum Gasteiger partial charge on any atom is -0.497 e. The van der Waals surface area contributed by atoms with Crippen LogP contribution < -0.4 is 15.8 Å². The number of nitrogens with two attached hydrogens (primary N) is 1. The van der Waals surface area contributed by atoms with Crippen molar-refractivity contribution in [2.45, 2.75) is 13.5 Å². The van der Waals surface area contributed by atoms with Gasteiger partial charge in [0.25, 0.3) is 5.91 Å². The lowest BCUT2D eigenvalue weighted by atomic mass is 10.1. The molecule has 0 fully saturated rings. The molecule has 0 bridgehead atoms. The van der Waals surface area contributed by atoms with Crippen molar-refractivity contribution >= 4 is 28.6 Å². The van der Waals surface area contributed by atoms with Crippen molar-refractivity contribution in [2.24, 2.45) is 5.73 Å². The van der Waals surface area contributed by atoms with Gasteiger partial charge >= 0.3 is 0 Å². The van der Waals surface area contributed by atoms with Gasteiger partial charge in [-0.1, -0.05) is 0 Å². The summed E-state index contributed by atoms with van der Waals surface area (Å²) in [6.07, 6.45) is 1.56. The molecule has 1 aromatic carbocycles. The van der Waals surface area contributed by atoms with Crippen LogP contribution in [0, 0.1) is 6.92 Å². The molecule has 8 nitrogen and oxygen atoms in total. The van der Waals surface area contributed by atoms with Crippen LogP contribution in [-0.4, -0.2) is 28.7 Å². The van der Waals surface area contributed by atoms with Gasteiger partial charge in [-0.15, -0.1) is 0 Å². The molecule has 0 saturated heterocycles. The fraction of sp³-hybridized carbons (Fsp3) is 0.188. The molecule has 0 unspecified atom stereocenters. The highest BCUT2D eigenvalue weighted by molar-refractivity contribution is 6.13. The summed E-state index contributed by atoms with van der Waals surface area (Å²) in [6, 6.07) is 6.84. The van der Waals surface area contributed by atoms with E-state index in [2.05, 4.69) is 10.4 Å². The van der Waals surface area contributed by atoms with Gasteiger partial charge in [-0.2, -0.15) is 5.10 Å². The van der Waals surface area contributed by atoms with Crippen LogP contribution in [0.15, 0.2) is 34.9 Å². The molecule has 0 aliphatic carbocycles. The highest BCUT2D eigenvalue weighted by Crippen LogP contribution is 2.29. The number of furan rings is 1. The number of primary amides is 1. The zero-order valence-electron chi connectivity index (χ0n) is 13.2. The van der Waals surface area contributed by atoms with Crippen LogP contribution in [0.2, 0.25) is 0 Å². The van der Waals surface area contributed by atoms with E-state index in [4.69, 9.17) is 14.9 Å². The second-order valence-electron chi connectivity index (χ2n) is 5.21. The average Bonchev–Trinajstić information content (AvgIpc) is 3.08. The monoisotopic (exact) mass is 328 g/mol. The molecule has 0 aliphatic rings. The first-order valence-electron chi connectivity index (χ1n) is 7.18. The molecule has 2 heterocycles. The number of methoxy groups -OCH3 is 1. The Hall–Kier alpha value is -3.29. The molecule has 124 valence electrons. The topological polar surface area (TPSA) is 112 Å². The Bertz CT molecular complexity index is 925.